The first-order chi connectivity index (χ1) is 15.5. The van der Waals surface area contributed by atoms with Crippen LogP contribution in [0.15, 0.2) is 77.9 Å². The summed E-state index contributed by atoms with van der Waals surface area (Å²) in [6.45, 7) is 4.35. The molecule has 3 N–H and O–H groups in total. The van der Waals surface area contributed by atoms with Crippen LogP contribution in [0.2, 0.25) is 5.02 Å². The van der Waals surface area contributed by atoms with Gasteiger partial charge >= 0.3 is 0 Å². The van der Waals surface area contributed by atoms with Gasteiger partial charge in [-0.3, -0.25) is 15.1 Å². The Labute approximate surface area is 192 Å². The summed E-state index contributed by atoms with van der Waals surface area (Å²) in [7, 11) is 0. The van der Waals surface area contributed by atoms with Gasteiger partial charge in [-0.25, -0.2) is 0 Å². The van der Waals surface area contributed by atoms with Crippen molar-refractivity contribution in [3.8, 4) is 0 Å². The first-order valence-corrected chi connectivity index (χ1v) is 10.9. The number of guanidine groups is 1. The molecule has 0 unspecified atom stereocenters. The van der Waals surface area contributed by atoms with Crippen molar-refractivity contribution in [1.82, 2.24) is 10.3 Å². The summed E-state index contributed by atoms with van der Waals surface area (Å²) in [6, 6.07) is 21.3. The smallest absolute Gasteiger partial charge is 0.258 e. The number of halogens is 1. The predicted octanol–water partition coefficient (Wildman–Crippen LogP) is 5.88. The van der Waals surface area contributed by atoms with E-state index in [4.69, 9.17) is 11.6 Å². The van der Waals surface area contributed by atoms with E-state index in [2.05, 4.69) is 32.7 Å². The fourth-order valence-corrected chi connectivity index (χ4v) is 3.78. The van der Waals surface area contributed by atoms with E-state index in [9.17, 15) is 4.79 Å². The lowest BCUT2D eigenvalue weighted by molar-refractivity contribution is 0.0976. The number of anilines is 1. The Morgan fingerprint density at radius 2 is 1.78 bits per heavy atom. The zero-order valence-corrected chi connectivity index (χ0v) is 18.8. The Hall–Kier alpha value is -3.57. The molecule has 0 spiro atoms. The van der Waals surface area contributed by atoms with Gasteiger partial charge in [-0.1, -0.05) is 54.1 Å². The fraction of sp³-hybridized carbons (Fsp3) is 0.154. The molecule has 4 rings (SSSR count). The highest BCUT2D eigenvalue weighted by molar-refractivity contribution is 6.31. The van der Waals surface area contributed by atoms with Crippen molar-refractivity contribution in [2.75, 3.05) is 11.9 Å². The molecule has 0 bridgehead atoms. The molecule has 1 amide bonds. The summed E-state index contributed by atoms with van der Waals surface area (Å²) in [5.41, 5.74) is 5.50. The highest BCUT2D eigenvalue weighted by atomic mass is 35.5. The van der Waals surface area contributed by atoms with Crippen molar-refractivity contribution in [3.05, 3.63) is 100 Å². The molecule has 4 aromatic rings. The van der Waals surface area contributed by atoms with Gasteiger partial charge in [0.15, 0.2) is 0 Å². The summed E-state index contributed by atoms with van der Waals surface area (Å²) in [5, 5.41) is 8.03. The van der Waals surface area contributed by atoms with Crippen molar-refractivity contribution < 1.29 is 4.79 Å². The number of benzene rings is 3. The molecule has 0 saturated carbocycles. The van der Waals surface area contributed by atoms with Gasteiger partial charge in [0.05, 0.1) is 0 Å². The normalized spacial score (nSPS) is 11.5. The third-order valence-corrected chi connectivity index (χ3v) is 5.88. The summed E-state index contributed by atoms with van der Waals surface area (Å²) < 4.78 is 0. The standard InChI is InChI=1S/C26H25ClN4O/c1-17-8-3-4-9-20(17)25(32)31-26(30-23-13-7-11-22(27)18(23)2)28-15-14-19-16-29-24-12-6-5-10-21(19)24/h3-13,16,29H,14-15H2,1-2H3,(H2,28,30,31,32). The van der Waals surface area contributed by atoms with E-state index in [1.807, 2.05) is 68.6 Å². The minimum absolute atomic E-state index is 0.207. The number of aliphatic imine (C=N–C) groups is 1. The summed E-state index contributed by atoms with van der Waals surface area (Å²) in [6.07, 6.45) is 2.75. The first-order valence-electron chi connectivity index (χ1n) is 10.5. The average Bonchev–Trinajstić information content (AvgIpc) is 3.20. The number of amides is 1. The van der Waals surface area contributed by atoms with Gasteiger partial charge in [0.2, 0.25) is 5.96 Å². The molecule has 0 aliphatic rings. The number of carbonyl (C=O) groups excluding carboxylic acids is 1. The van der Waals surface area contributed by atoms with Crippen LogP contribution in [0.1, 0.15) is 27.0 Å². The van der Waals surface area contributed by atoms with Crippen molar-refractivity contribution >= 4 is 40.1 Å². The van der Waals surface area contributed by atoms with Crippen molar-refractivity contribution in [1.29, 1.82) is 0 Å². The molecule has 5 nitrogen and oxygen atoms in total. The zero-order chi connectivity index (χ0) is 22.5. The van der Waals surface area contributed by atoms with Crippen LogP contribution >= 0.6 is 11.6 Å². The van der Waals surface area contributed by atoms with Crippen LogP contribution in [0.25, 0.3) is 10.9 Å². The summed E-state index contributed by atoms with van der Waals surface area (Å²) in [5.74, 6) is 0.185. The van der Waals surface area contributed by atoms with Gasteiger partial charge in [-0.15, -0.1) is 0 Å². The Bertz CT molecular complexity index is 1290. The van der Waals surface area contributed by atoms with Crippen molar-refractivity contribution in [3.63, 3.8) is 0 Å². The molecule has 0 aliphatic carbocycles. The Balaban J connectivity index is 1.56. The molecule has 1 aromatic heterocycles. The molecular formula is C26H25ClN4O. The average molecular weight is 445 g/mol. The molecule has 0 saturated heterocycles. The minimum Gasteiger partial charge on any atom is -0.361 e. The van der Waals surface area contributed by atoms with Crippen LogP contribution in [0.4, 0.5) is 5.69 Å². The molecule has 0 fully saturated rings. The lowest BCUT2D eigenvalue weighted by Crippen LogP contribution is -2.36. The van der Waals surface area contributed by atoms with Crippen LogP contribution in [-0.2, 0) is 6.42 Å². The number of fused-ring (bicyclic) bond motifs is 1. The second-order valence-electron chi connectivity index (χ2n) is 7.65. The molecule has 32 heavy (non-hydrogen) atoms. The summed E-state index contributed by atoms with van der Waals surface area (Å²) in [4.78, 5) is 20.9. The van der Waals surface area contributed by atoms with E-state index >= 15 is 0 Å². The van der Waals surface area contributed by atoms with Gasteiger partial charge in [0.25, 0.3) is 5.91 Å². The highest BCUT2D eigenvalue weighted by Crippen LogP contribution is 2.23. The Morgan fingerprint density at radius 1 is 1.00 bits per heavy atom. The molecule has 1 heterocycles. The SMILES string of the molecule is Cc1ccccc1C(=O)NC(=NCCc1c[nH]c2ccccc12)Nc1cccc(Cl)c1C. The van der Waals surface area contributed by atoms with Gasteiger partial charge in [0.1, 0.15) is 0 Å². The third-order valence-electron chi connectivity index (χ3n) is 5.47. The highest BCUT2D eigenvalue weighted by Gasteiger charge is 2.13. The second-order valence-corrected chi connectivity index (χ2v) is 8.05. The lowest BCUT2D eigenvalue weighted by Gasteiger charge is -2.15. The largest absolute Gasteiger partial charge is 0.361 e. The van der Waals surface area contributed by atoms with E-state index in [1.165, 1.54) is 10.9 Å². The maximum Gasteiger partial charge on any atom is 0.258 e. The Morgan fingerprint density at radius 3 is 2.62 bits per heavy atom. The van der Waals surface area contributed by atoms with E-state index in [1.54, 1.807) is 6.07 Å². The number of carbonyl (C=O) groups is 1. The quantitative estimate of drug-likeness (QED) is 0.266. The number of para-hydroxylation sites is 1. The minimum atomic E-state index is -0.207. The number of aromatic amines is 1. The fourth-order valence-electron chi connectivity index (χ4n) is 3.61. The maximum absolute atomic E-state index is 12.9. The number of nitrogens with one attached hydrogen (secondary N) is 3. The summed E-state index contributed by atoms with van der Waals surface area (Å²) >= 11 is 6.28. The molecule has 0 atom stereocenters. The number of nitrogens with zero attached hydrogens (tertiary/aromatic N) is 1. The van der Waals surface area contributed by atoms with Crippen molar-refractivity contribution in [2.45, 2.75) is 20.3 Å². The molecular weight excluding hydrogens is 420 g/mol. The van der Waals surface area contributed by atoms with Gasteiger partial charge < -0.3 is 10.3 Å². The Kier molecular flexibility index (Phi) is 6.57. The monoisotopic (exact) mass is 444 g/mol. The number of hydrogen-bond acceptors (Lipinski definition) is 2. The van der Waals surface area contributed by atoms with Crippen LogP contribution in [-0.4, -0.2) is 23.4 Å². The van der Waals surface area contributed by atoms with E-state index < -0.39 is 0 Å². The molecule has 3 aromatic carbocycles. The third kappa shape index (κ3) is 4.84. The lowest BCUT2D eigenvalue weighted by atomic mass is 10.1. The van der Waals surface area contributed by atoms with E-state index in [0.717, 1.165) is 28.8 Å². The number of hydrogen-bond donors (Lipinski definition) is 3. The number of aromatic nitrogens is 1. The van der Waals surface area contributed by atoms with Gasteiger partial charge in [-0.05, 0) is 61.2 Å². The number of rotatable bonds is 5. The van der Waals surface area contributed by atoms with E-state index in [0.29, 0.717) is 23.1 Å². The molecule has 162 valence electrons. The number of aryl methyl sites for hydroxylation is 1. The van der Waals surface area contributed by atoms with Crippen LogP contribution < -0.4 is 10.6 Å². The topological polar surface area (TPSA) is 69.3 Å². The van der Waals surface area contributed by atoms with Crippen LogP contribution in [0.5, 0.6) is 0 Å². The zero-order valence-electron chi connectivity index (χ0n) is 18.1. The second kappa shape index (κ2) is 9.71. The van der Waals surface area contributed by atoms with Gasteiger partial charge in [-0.2, -0.15) is 0 Å². The van der Waals surface area contributed by atoms with Crippen molar-refractivity contribution in [2.24, 2.45) is 4.99 Å². The maximum atomic E-state index is 12.9. The van der Waals surface area contributed by atoms with Gasteiger partial charge in [0, 0.05) is 39.9 Å². The van der Waals surface area contributed by atoms with E-state index in [-0.39, 0.29) is 5.91 Å². The number of H-pyrrole nitrogens is 1. The molecule has 6 heteroatoms. The molecule has 0 radical (unpaired) electrons. The first kappa shape index (κ1) is 21.7. The predicted molar refractivity (Wildman–Crippen MR) is 133 cm³/mol. The van der Waals surface area contributed by atoms with Crippen LogP contribution in [0, 0.1) is 13.8 Å². The molecule has 0 aliphatic heterocycles. The van der Waals surface area contributed by atoms with Crippen LogP contribution in [0.3, 0.4) is 0 Å².